The quantitative estimate of drug-likeness (QED) is 0.650. The van der Waals surface area contributed by atoms with E-state index in [0.29, 0.717) is 0 Å². The maximum absolute atomic E-state index is 11.0. The van der Waals surface area contributed by atoms with Crippen LogP contribution in [-0.4, -0.2) is 18.1 Å². The van der Waals surface area contributed by atoms with Crippen LogP contribution in [0.5, 0.6) is 0 Å². The van der Waals surface area contributed by atoms with Crippen LogP contribution in [0.3, 0.4) is 0 Å². The lowest BCUT2D eigenvalue weighted by Gasteiger charge is -2.05. The largest absolute Gasteiger partial charge is 0.469 e. The number of H-pyrrole nitrogens is 1. The van der Waals surface area contributed by atoms with Gasteiger partial charge in [-0.05, 0) is 19.1 Å². The first-order valence-electron chi connectivity index (χ1n) is 3.47. The van der Waals surface area contributed by atoms with Crippen LogP contribution in [-0.2, 0) is 9.53 Å². The van der Waals surface area contributed by atoms with Gasteiger partial charge in [0, 0.05) is 11.9 Å². The van der Waals surface area contributed by atoms with Crippen molar-refractivity contribution < 1.29 is 9.53 Å². The number of hydrogen-bond acceptors (Lipinski definition) is 2. The summed E-state index contributed by atoms with van der Waals surface area (Å²) in [6.45, 7) is 1.80. The molecule has 3 nitrogen and oxygen atoms in total. The fraction of sp³-hybridized carbons (Fsp3) is 0.375. The highest BCUT2D eigenvalue weighted by atomic mass is 16.5. The van der Waals surface area contributed by atoms with Crippen molar-refractivity contribution in [3.63, 3.8) is 0 Å². The van der Waals surface area contributed by atoms with Gasteiger partial charge in [0.05, 0.1) is 13.0 Å². The Balaban J connectivity index is 2.70. The molecule has 1 rings (SSSR count). The minimum Gasteiger partial charge on any atom is -0.469 e. The van der Waals surface area contributed by atoms with Gasteiger partial charge in [0.15, 0.2) is 0 Å². The van der Waals surface area contributed by atoms with Gasteiger partial charge in [0.1, 0.15) is 0 Å². The minimum atomic E-state index is -0.215. The highest BCUT2D eigenvalue weighted by molar-refractivity contribution is 5.76. The standard InChI is InChI=1S/C8H11NO2/c1-6(8(10)11-2)7-4-3-5-9-7/h3-6,9H,1-2H3. The van der Waals surface area contributed by atoms with Crippen LogP contribution < -0.4 is 0 Å². The summed E-state index contributed by atoms with van der Waals surface area (Å²) >= 11 is 0. The van der Waals surface area contributed by atoms with Crippen LogP contribution in [0.1, 0.15) is 18.5 Å². The zero-order valence-corrected chi connectivity index (χ0v) is 6.63. The molecule has 1 N–H and O–H groups in total. The van der Waals surface area contributed by atoms with E-state index in [9.17, 15) is 4.79 Å². The fourth-order valence-electron chi connectivity index (χ4n) is 0.917. The molecule has 1 heterocycles. The molecule has 0 spiro atoms. The summed E-state index contributed by atoms with van der Waals surface area (Å²) in [5, 5.41) is 0. The summed E-state index contributed by atoms with van der Waals surface area (Å²) in [6, 6.07) is 3.72. The van der Waals surface area contributed by atoms with E-state index in [1.165, 1.54) is 7.11 Å². The van der Waals surface area contributed by atoms with Gasteiger partial charge in [-0.3, -0.25) is 4.79 Å². The zero-order chi connectivity index (χ0) is 8.27. The normalized spacial score (nSPS) is 12.5. The molecule has 1 aromatic heterocycles. The number of carbonyl (C=O) groups is 1. The molecule has 0 saturated heterocycles. The summed E-state index contributed by atoms with van der Waals surface area (Å²) in [4.78, 5) is 13.9. The molecule has 60 valence electrons. The summed E-state index contributed by atoms with van der Waals surface area (Å²) < 4.78 is 4.58. The fourth-order valence-corrected chi connectivity index (χ4v) is 0.917. The molecule has 0 saturated carbocycles. The Hall–Kier alpha value is -1.25. The molecule has 11 heavy (non-hydrogen) atoms. The molecule has 1 atom stereocenters. The third kappa shape index (κ3) is 1.61. The first-order valence-corrected chi connectivity index (χ1v) is 3.47. The number of carbonyl (C=O) groups excluding carboxylic acids is 1. The van der Waals surface area contributed by atoms with Gasteiger partial charge in [0.25, 0.3) is 0 Å². The second-order valence-corrected chi connectivity index (χ2v) is 2.37. The number of rotatable bonds is 2. The molecular weight excluding hydrogens is 142 g/mol. The SMILES string of the molecule is COC(=O)C(C)c1ccc[nH]1. The Bertz CT molecular complexity index is 228. The molecule has 0 aliphatic carbocycles. The number of aromatic nitrogens is 1. The van der Waals surface area contributed by atoms with Crippen LogP contribution >= 0.6 is 0 Å². The van der Waals surface area contributed by atoms with E-state index < -0.39 is 0 Å². The molecule has 0 aromatic carbocycles. The smallest absolute Gasteiger partial charge is 0.314 e. The second kappa shape index (κ2) is 3.23. The van der Waals surface area contributed by atoms with E-state index in [1.54, 1.807) is 13.1 Å². The number of esters is 1. The number of nitrogens with one attached hydrogen (secondary N) is 1. The lowest BCUT2D eigenvalue weighted by molar-refractivity contribution is -0.142. The van der Waals surface area contributed by atoms with Crippen molar-refractivity contribution in [3.05, 3.63) is 24.0 Å². The molecule has 0 amide bonds. The van der Waals surface area contributed by atoms with Crippen LogP contribution in [0.2, 0.25) is 0 Å². The van der Waals surface area contributed by atoms with Crippen LogP contribution in [0, 0.1) is 0 Å². The first-order chi connectivity index (χ1) is 5.25. The molecule has 1 aromatic rings. The van der Waals surface area contributed by atoms with Crippen molar-refractivity contribution in [2.45, 2.75) is 12.8 Å². The predicted octanol–water partition coefficient (Wildman–Crippen LogP) is 1.29. The van der Waals surface area contributed by atoms with Gasteiger partial charge >= 0.3 is 5.97 Å². The number of hydrogen-bond donors (Lipinski definition) is 1. The van der Waals surface area contributed by atoms with Gasteiger partial charge in [-0.25, -0.2) is 0 Å². The average Bonchev–Trinajstić information content (AvgIpc) is 2.53. The highest BCUT2D eigenvalue weighted by Gasteiger charge is 2.15. The van der Waals surface area contributed by atoms with E-state index in [2.05, 4.69) is 9.72 Å². The van der Waals surface area contributed by atoms with Gasteiger partial charge < -0.3 is 9.72 Å². The van der Waals surface area contributed by atoms with E-state index >= 15 is 0 Å². The van der Waals surface area contributed by atoms with Crippen LogP contribution in [0.25, 0.3) is 0 Å². The summed E-state index contributed by atoms with van der Waals surface area (Å²) in [7, 11) is 1.39. The second-order valence-electron chi connectivity index (χ2n) is 2.37. The average molecular weight is 153 g/mol. The molecule has 1 unspecified atom stereocenters. The maximum Gasteiger partial charge on any atom is 0.314 e. The number of ether oxygens (including phenoxy) is 1. The topological polar surface area (TPSA) is 42.1 Å². The summed E-state index contributed by atoms with van der Waals surface area (Å²) in [6.07, 6.45) is 1.79. The molecule has 0 aliphatic heterocycles. The molecule has 3 heteroatoms. The lowest BCUT2D eigenvalue weighted by Crippen LogP contribution is -2.10. The summed E-state index contributed by atoms with van der Waals surface area (Å²) in [5.74, 6) is -0.414. The molecule has 0 bridgehead atoms. The third-order valence-corrected chi connectivity index (χ3v) is 1.64. The zero-order valence-electron chi connectivity index (χ0n) is 6.63. The Morgan fingerprint density at radius 3 is 2.91 bits per heavy atom. The van der Waals surface area contributed by atoms with E-state index in [-0.39, 0.29) is 11.9 Å². The third-order valence-electron chi connectivity index (χ3n) is 1.64. The summed E-state index contributed by atoms with van der Waals surface area (Å²) in [5.41, 5.74) is 0.886. The molecule has 0 fully saturated rings. The first kappa shape index (κ1) is 7.85. The van der Waals surface area contributed by atoms with Gasteiger partial charge in [-0.2, -0.15) is 0 Å². The van der Waals surface area contributed by atoms with Crippen molar-refractivity contribution in [2.24, 2.45) is 0 Å². The van der Waals surface area contributed by atoms with Crippen molar-refractivity contribution in [1.82, 2.24) is 4.98 Å². The van der Waals surface area contributed by atoms with Crippen molar-refractivity contribution in [3.8, 4) is 0 Å². The Kier molecular flexibility index (Phi) is 2.31. The van der Waals surface area contributed by atoms with Crippen LogP contribution in [0.15, 0.2) is 18.3 Å². The number of aromatic amines is 1. The van der Waals surface area contributed by atoms with Crippen molar-refractivity contribution in [1.29, 1.82) is 0 Å². The Labute approximate surface area is 65.4 Å². The predicted molar refractivity (Wildman–Crippen MR) is 41.2 cm³/mol. The van der Waals surface area contributed by atoms with E-state index in [4.69, 9.17) is 0 Å². The van der Waals surface area contributed by atoms with Gasteiger partial charge in [-0.1, -0.05) is 0 Å². The molecule has 0 aliphatic rings. The van der Waals surface area contributed by atoms with Gasteiger partial charge in [-0.15, -0.1) is 0 Å². The molecule has 0 radical (unpaired) electrons. The monoisotopic (exact) mass is 153 g/mol. The lowest BCUT2D eigenvalue weighted by atomic mass is 10.1. The van der Waals surface area contributed by atoms with Crippen molar-refractivity contribution in [2.75, 3.05) is 7.11 Å². The minimum absolute atomic E-state index is 0.199. The van der Waals surface area contributed by atoms with E-state index in [0.717, 1.165) is 5.69 Å². The Morgan fingerprint density at radius 1 is 1.73 bits per heavy atom. The van der Waals surface area contributed by atoms with Crippen molar-refractivity contribution >= 4 is 5.97 Å². The Morgan fingerprint density at radius 2 is 2.45 bits per heavy atom. The maximum atomic E-state index is 11.0. The molecular formula is C8H11NO2. The number of methoxy groups -OCH3 is 1. The van der Waals surface area contributed by atoms with Gasteiger partial charge in [0.2, 0.25) is 0 Å². The highest BCUT2D eigenvalue weighted by Crippen LogP contribution is 2.13. The van der Waals surface area contributed by atoms with Crippen LogP contribution in [0.4, 0.5) is 0 Å². The van der Waals surface area contributed by atoms with E-state index in [1.807, 2.05) is 12.1 Å².